The molecule has 0 spiro atoms. The van der Waals surface area contributed by atoms with E-state index in [9.17, 15) is 0 Å². The van der Waals surface area contributed by atoms with E-state index >= 15 is 0 Å². The van der Waals surface area contributed by atoms with Crippen LogP contribution < -0.4 is 0 Å². The van der Waals surface area contributed by atoms with E-state index < -0.39 is 18.4 Å². The Morgan fingerprint density at radius 1 is 0.913 bits per heavy atom. The molecule has 0 aromatic rings. The van der Waals surface area contributed by atoms with Crippen LogP contribution in [0.15, 0.2) is 11.1 Å². The zero-order valence-electron chi connectivity index (χ0n) is 17.1. The van der Waals surface area contributed by atoms with Gasteiger partial charge in [-0.1, -0.05) is 0 Å². The van der Waals surface area contributed by atoms with Crippen LogP contribution in [0.2, 0.25) is 17.2 Å². The molecular weight excluding hydrogens is 383 g/mol. The minimum atomic E-state index is -2.05. The molecule has 1 fully saturated rings. The Kier molecular flexibility index (Phi) is 10.5. The van der Waals surface area contributed by atoms with Crippen molar-refractivity contribution in [2.75, 3.05) is 0 Å². The van der Waals surface area contributed by atoms with E-state index in [-0.39, 0.29) is 0 Å². The van der Waals surface area contributed by atoms with Crippen molar-refractivity contribution in [1.29, 1.82) is 0 Å². The standard InChI is InChI=1S/C10H17.3C4H9.Sn/c1-8(2)10-6-4-9(3)5-7-10;3*1-3-4-2;/h4,9H,5-7H2,1-3H3;3*1,3-4H2,2H3;. The molecule has 0 nitrogen and oxygen atoms in total. The van der Waals surface area contributed by atoms with Crippen LogP contribution in [-0.2, 0) is 0 Å². The molecule has 0 amide bonds. The van der Waals surface area contributed by atoms with Crippen molar-refractivity contribution in [1.82, 2.24) is 0 Å². The Morgan fingerprint density at radius 2 is 1.39 bits per heavy atom. The van der Waals surface area contributed by atoms with E-state index in [4.69, 9.17) is 0 Å². The van der Waals surface area contributed by atoms with Gasteiger partial charge in [-0.05, 0) is 0 Å². The van der Waals surface area contributed by atoms with Gasteiger partial charge in [0.05, 0.1) is 0 Å². The number of rotatable bonds is 10. The van der Waals surface area contributed by atoms with Gasteiger partial charge in [0.15, 0.2) is 0 Å². The molecule has 0 aromatic heterocycles. The normalized spacial score (nSPS) is 22.4. The summed E-state index contributed by atoms with van der Waals surface area (Å²) in [5, 5.41) is 0. The summed E-state index contributed by atoms with van der Waals surface area (Å²) in [5.74, 6) is 1.01. The second-order valence-electron chi connectivity index (χ2n) is 8.60. The van der Waals surface area contributed by atoms with Gasteiger partial charge in [0.1, 0.15) is 0 Å². The molecule has 23 heavy (non-hydrogen) atoms. The average molecular weight is 427 g/mol. The molecule has 2 atom stereocenters. The second-order valence-corrected chi connectivity index (χ2v) is 22.8. The molecule has 1 saturated carbocycles. The van der Waals surface area contributed by atoms with Crippen molar-refractivity contribution in [3.8, 4) is 0 Å². The zero-order valence-corrected chi connectivity index (χ0v) is 20.0. The van der Waals surface area contributed by atoms with E-state index in [0.29, 0.717) is 0 Å². The van der Waals surface area contributed by atoms with Crippen LogP contribution in [0, 0.1) is 5.92 Å². The maximum atomic E-state index is 2.61. The molecule has 2 unspecified atom stereocenters. The number of allylic oxidation sites excluding steroid dienone is 2. The summed E-state index contributed by atoms with van der Waals surface area (Å²) >= 11 is -2.05. The first-order chi connectivity index (χ1) is 11.0. The molecule has 0 heterocycles. The topological polar surface area (TPSA) is 0 Å². The second kappa shape index (κ2) is 11.2. The van der Waals surface area contributed by atoms with E-state index in [1.165, 1.54) is 57.8 Å². The van der Waals surface area contributed by atoms with Gasteiger partial charge in [0, 0.05) is 0 Å². The van der Waals surface area contributed by atoms with Crippen molar-refractivity contribution in [2.24, 2.45) is 5.92 Å². The molecule has 0 radical (unpaired) electrons. The molecule has 0 bridgehead atoms. The Labute approximate surface area is 151 Å². The molecule has 0 aliphatic heterocycles. The third-order valence-electron chi connectivity index (χ3n) is 6.63. The van der Waals surface area contributed by atoms with Crippen LogP contribution in [0.1, 0.15) is 99.3 Å². The fourth-order valence-electron chi connectivity index (χ4n) is 4.96. The fraction of sp³-hybridized carbons (Fsp3) is 0.909. The quantitative estimate of drug-likeness (QED) is 0.243. The summed E-state index contributed by atoms with van der Waals surface area (Å²) in [6.45, 7) is 14.6. The van der Waals surface area contributed by atoms with Crippen LogP contribution in [0.3, 0.4) is 0 Å². The minimum absolute atomic E-state index is 1.01. The third-order valence-corrected chi connectivity index (χ3v) is 24.9. The Bertz CT molecular complexity index is 329. The predicted octanol–water partition coefficient (Wildman–Crippen LogP) is 8.36. The van der Waals surface area contributed by atoms with Gasteiger partial charge in [0.25, 0.3) is 0 Å². The van der Waals surface area contributed by atoms with Crippen molar-refractivity contribution < 1.29 is 0 Å². The number of hydrogen-bond donors (Lipinski definition) is 0. The van der Waals surface area contributed by atoms with E-state index in [1.807, 2.05) is 5.57 Å². The molecule has 1 aliphatic rings. The van der Waals surface area contributed by atoms with Crippen molar-refractivity contribution in [3.63, 3.8) is 0 Å². The van der Waals surface area contributed by atoms with Crippen molar-refractivity contribution in [3.05, 3.63) is 11.1 Å². The molecule has 136 valence electrons. The van der Waals surface area contributed by atoms with Gasteiger partial charge in [-0.15, -0.1) is 0 Å². The summed E-state index contributed by atoms with van der Waals surface area (Å²) < 4.78 is 6.22. The van der Waals surface area contributed by atoms with Crippen LogP contribution >= 0.6 is 0 Å². The van der Waals surface area contributed by atoms with Crippen LogP contribution in [-0.4, -0.2) is 18.4 Å². The molecule has 0 N–H and O–H groups in total. The molecule has 1 heteroatoms. The molecule has 1 rings (SSSR count). The van der Waals surface area contributed by atoms with Gasteiger partial charge in [0.2, 0.25) is 0 Å². The first-order valence-corrected chi connectivity index (χ1v) is 18.4. The number of unbranched alkanes of at least 4 members (excludes halogenated alkanes) is 3. The van der Waals surface area contributed by atoms with Gasteiger partial charge in [-0.3, -0.25) is 0 Å². The molecule has 0 saturated heterocycles. The first-order valence-electron chi connectivity index (χ1n) is 10.7. The Morgan fingerprint density at radius 3 is 1.78 bits per heavy atom. The SMILES string of the molecule is CCC[CH2][Sn]([CH2]CCC)([CH2]CCC)[CH]1CC(=C(C)C)CCC1C. The Hall–Kier alpha value is 0.539. The molecule has 1 aliphatic carbocycles. The van der Waals surface area contributed by atoms with E-state index in [2.05, 4.69) is 41.5 Å². The molecular formula is C22H44Sn. The van der Waals surface area contributed by atoms with Crippen LogP contribution in [0.4, 0.5) is 0 Å². The average Bonchev–Trinajstić information content (AvgIpc) is 2.55. The van der Waals surface area contributed by atoms with E-state index in [1.54, 1.807) is 18.9 Å². The summed E-state index contributed by atoms with van der Waals surface area (Å²) in [4.78, 5) is 0. The monoisotopic (exact) mass is 428 g/mol. The van der Waals surface area contributed by atoms with Crippen molar-refractivity contribution >= 4 is 18.4 Å². The fourth-order valence-corrected chi connectivity index (χ4v) is 25.2. The van der Waals surface area contributed by atoms with Gasteiger partial charge < -0.3 is 0 Å². The summed E-state index contributed by atoms with van der Waals surface area (Å²) in [6.07, 6.45) is 13.2. The Balaban J connectivity index is 3.07. The van der Waals surface area contributed by atoms with Crippen LogP contribution in [0.25, 0.3) is 0 Å². The van der Waals surface area contributed by atoms with E-state index in [0.717, 1.165) is 9.85 Å². The predicted molar refractivity (Wildman–Crippen MR) is 110 cm³/mol. The zero-order chi connectivity index (χ0) is 17.3. The van der Waals surface area contributed by atoms with Gasteiger partial charge in [-0.25, -0.2) is 0 Å². The number of hydrogen-bond acceptors (Lipinski definition) is 0. The molecule has 0 aromatic carbocycles. The van der Waals surface area contributed by atoms with Gasteiger partial charge in [-0.2, -0.15) is 0 Å². The van der Waals surface area contributed by atoms with Gasteiger partial charge >= 0.3 is 152 Å². The maximum absolute atomic E-state index is 2.61. The third kappa shape index (κ3) is 6.40. The summed E-state index contributed by atoms with van der Waals surface area (Å²) in [5.41, 5.74) is 3.49. The van der Waals surface area contributed by atoms with Crippen molar-refractivity contribution in [2.45, 2.75) is 117 Å². The summed E-state index contributed by atoms with van der Waals surface area (Å²) in [6, 6.07) is 0. The first kappa shape index (κ1) is 21.6. The summed E-state index contributed by atoms with van der Waals surface area (Å²) in [7, 11) is 0. The van der Waals surface area contributed by atoms with Crippen LogP contribution in [0.5, 0.6) is 0 Å².